The van der Waals surface area contributed by atoms with E-state index in [2.05, 4.69) is 5.32 Å². The van der Waals surface area contributed by atoms with Crippen molar-refractivity contribution in [3.05, 3.63) is 57.6 Å². The molecule has 0 aliphatic rings. The number of hydrogen-bond acceptors (Lipinski definition) is 2. The molecule has 2 nitrogen and oxygen atoms in total. The molecule has 0 aliphatic heterocycles. The Hall–Kier alpha value is -1.59. The third kappa shape index (κ3) is 3.74. The number of alkyl halides is 3. The lowest BCUT2D eigenvalue weighted by Gasteiger charge is -2.12. The number of aromatic hydroxyl groups is 1. The molecular formula is C14H10Cl2F3NO. The molecule has 0 aliphatic carbocycles. The fourth-order valence-electron chi connectivity index (χ4n) is 1.73. The first kappa shape index (κ1) is 15.8. The summed E-state index contributed by atoms with van der Waals surface area (Å²) in [6, 6.07) is 7.87. The van der Waals surface area contributed by atoms with E-state index >= 15 is 0 Å². The molecular weight excluding hydrogens is 326 g/mol. The summed E-state index contributed by atoms with van der Waals surface area (Å²) in [6.07, 6.45) is -4.44. The fourth-order valence-corrected chi connectivity index (χ4v) is 2.17. The second-order valence-electron chi connectivity index (χ2n) is 4.29. The molecule has 0 saturated heterocycles. The van der Waals surface area contributed by atoms with Gasteiger partial charge in [0.15, 0.2) is 0 Å². The van der Waals surface area contributed by atoms with Gasteiger partial charge in [-0.2, -0.15) is 13.2 Å². The van der Waals surface area contributed by atoms with E-state index in [0.29, 0.717) is 11.3 Å². The lowest BCUT2D eigenvalue weighted by atomic mass is 10.1. The molecule has 0 fully saturated rings. The van der Waals surface area contributed by atoms with Gasteiger partial charge in [0.25, 0.3) is 0 Å². The molecule has 112 valence electrons. The van der Waals surface area contributed by atoms with Crippen molar-refractivity contribution < 1.29 is 18.3 Å². The van der Waals surface area contributed by atoms with Crippen LogP contribution in [0.2, 0.25) is 10.0 Å². The summed E-state index contributed by atoms with van der Waals surface area (Å²) in [4.78, 5) is 0. The van der Waals surface area contributed by atoms with E-state index in [9.17, 15) is 18.3 Å². The Balaban J connectivity index is 2.16. The second-order valence-corrected chi connectivity index (χ2v) is 5.11. The van der Waals surface area contributed by atoms with Crippen LogP contribution in [0.25, 0.3) is 0 Å². The Labute approximate surface area is 129 Å². The van der Waals surface area contributed by atoms with Gasteiger partial charge in [0, 0.05) is 12.1 Å². The number of benzene rings is 2. The number of nitrogens with one attached hydrogen (secondary N) is 1. The van der Waals surface area contributed by atoms with Gasteiger partial charge in [-0.15, -0.1) is 0 Å². The van der Waals surface area contributed by atoms with Crippen LogP contribution < -0.4 is 5.32 Å². The number of halogens is 5. The van der Waals surface area contributed by atoms with E-state index in [4.69, 9.17) is 23.2 Å². The Morgan fingerprint density at radius 3 is 2.38 bits per heavy atom. The molecule has 2 rings (SSSR count). The SMILES string of the molecule is Oc1c(Cl)cccc1CNc1ccc(C(F)(F)F)cc1Cl. The first-order valence-corrected chi connectivity index (χ1v) is 6.61. The molecule has 0 aromatic heterocycles. The van der Waals surface area contributed by atoms with Crippen molar-refractivity contribution in [2.45, 2.75) is 12.7 Å². The Morgan fingerprint density at radius 1 is 1.05 bits per heavy atom. The average Bonchev–Trinajstić information content (AvgIpc) is 2.40. The van der Waals surface area contributed by atoms with Crippen molar-refractivity contribution in [2.24, 2.45) is 0 Å². The first-order valence-electron chi connectivity index (χ1n) is 5.86. The van der Waals surface area contributed by atoms with Gasteiger partial charge in [-0.3, -0.25) is 0 Å². The smallest absolute Gasteiger partial charge is 0.416 e. The summed E-state index contributed by atoms with van der Waals surface area (Å²) in [7, 11) is 0. The predicted molar refractivity (Wildman–Crippen MR) is 76.9 cm³/mol. The van der Waals surface area contributed by atoms with Gasteiger partial charge in [-0.1, -0.05) is 35.3 Å². The zero-order valence-corrected chi connectivity index (χ0v) is 12.0. The van der Waals surface area contributed by atoms with Crippen molar-refractivity contribution in [3.63, 3.8) is 0 Å². The highest BCUT2D eigenvalue weighted by atomic mass is 35.5. The minimum Gasteiger partial charge on any atom is -0.506 e. The van der Waals surface area contributed by atoms with Gasteiger partial charge in [0.2, 0.25) is 0 Å². The molecule has 0 radical (unpaired) electrons. The Kier molecular flexibility index (Phi) is 4.54. The van der Waals surface area contributed by atoms with Crippen LogP contribution in [0.1, 0.15) is 11.1 Å². The minimum atomic E-state index is -4.44. The van der Waals surface area contributed by atoms with Gasteiger partial charge in [0.05, 0.1) is 21.3 Å². The molecule has 0 amide bonds. The summed E-state index contributed by atoms with van der Waals surface area (Å²) in [5.74, 6) is -0.0744. The number of hydrogen-bond donors (Lipinski definition) is 2. The minimum absolute atomic E-state index is 0.0497. The second kappa shape index (κ2) is 6.03. The van der Waals surface area contributed by atoms with E-state index in [1.807, 2.05) is 0 Å². The number of rotatable bonds is 3. The zero-order valence-electron chi connectivity index (χ0n) is 10.5. The number of para-hydroxylation sites is 1. The highest BCUT2D eigenvalue weighted by Crippen LogP contribution is 2.34. The molecule has 2 N–H and O–H groups in total. The van der Waals surface area contributed by atoms with Crippen LogP contribution in [0.3, 0.4) is 0 Å². The maximum atomic E-state index is 12.5. The summed E-state index contributed by atoms with van der Waals surface area (Å²) in [6.45, 7) is 0.178. The average molecular weight is 336 g/mol. The Bertz CT molecular complexity index is 659. The van der Waals surface area contributed by atoms with Gasteiger partial charge in [-0.05, 0) is 24.3 Å². The third-order valence-corrected chi connectivity index (χ3v) is 3.45. The molecule has 0 bridgehead atoms. The number of phenolic OH excluding ortho intramolecular Hbond substituents is 1. The lowest BCUT2D eigenvalue weighted by Crippen LogP contribution is -2.06. The van der Waals surface area contributed by atoms with Crippen LogP contribution in [0.5, 0.6) is 5.75 Å². The van der Waals surface area contributed by atoms with Crippen LogP contribution in [0.15, 0.2) is 36.4 Å². The highest BCUT2D eigenvalue weighted by Gasteiger charge is 2.30. The molecule has 0 saturated carbocycles. The van der Waals surface area contributed by atoms with Crippen LogP contribution in [-0.4, -0.2) is 5.11 Å². The fraction of sp³-hybridized carbons (Fsp3) is 0.143. The summed E-state index contributed by atoms with van der Waals surface area (Å²) in [5, 5.41) is 12.8. The molecule has 2 aromatic carbocycles. The Morgan fingerprint density at radius 2 is 1.76 bits per heavy atom. The van der Waals surface area contributed by atoms with Crippen molar-refractivity contribution in [2.75, 3.05) is 5.32 Å². The standard InChI is InChI=1S/C14H10Cl2F3NO/c15-10-3-1-2-8(13(10)21)7-20-12-5-4-9(6-11(12)16)14(17,18)19/h1-6,20-21H,7H2. The molecule has 21 heavy (non-hydrogen) atoms. The van der Waals surface area contributed by atoms with E-state index in [0.717, 1.165) is 12.1 Å². The van der Waals surface area contributed by atoms with E-state index in [-0.39, 0.29) is 22.3 Å². The van der Waals surface area contributed by atoms with Crippen molar-refractivity contribution in [3.8, 4) is 5.75 Å². The quantitative estimate of drug-likeness (QED) is 0.794. The van der Waals surface area contributed by atoms with Gasteiger partial charge >= 0.3 is 6.18 Å². The predicted octanol–water partition coefficient (Wildman–Crippen LogP) is 5.33. The molecule has 7 heteroatoms. The summed E-state index contributed by atoms with van der Waals surface area (Å²) in [5.41, 5.74) is 0.0335. The van der Waals surface area contributed by atoms with Crippen LogP contribution in [0, 0.1) is 0 Å². The monoisotopic (exact) mass is 335 g/mol. The molecule has 0 unspecified atom stereocenters. The van der Waals surface area contributed by atoms with Crippen molar-refractivity contribution in [1.29, 1.82) is 0 Å². The maximum absolute atomic E-state index is 12.5. The largest absolute Gasteiger partial charge is 0.506 e. The topological polar surface area (TPSA) is 32.3 Å². The maximum Gasteiger partial charge on any atom is 0.416 e. The normalized spacial score (nSPS) is 11.5. The van der Waals surface area contributed by atoms with Crippen molar-refractivity contribution >= 4 is 28.9 Å². The van der Waals surface area contributed by atoms with E-state index in [1.54, 1.807) is 12.1 Å². The van der Waals surface area contributed by atoms with Gasteiger partial charge in [0.1, 0.15) is 5.75 Å². The molecule has 0 spiro atoms. The third-order valence-electron chi connectivity index (χ3n) is 2.84. The summed E-state index contributed by atoms with van der Waals surface area (Å²) < 4.78 is 37.6. The molecule has 0 atom stereocenters. The zero-order chi connectivity index (χ0) is 15.6. The number of anilines is 1. The lowest BCUT2D eigenvalue weighted by molar-refractivity contribution is -0.137. The first-order chi connectivity index (χ1) is 9.79. The van der Waals surface area contributed by atoms with Crippen molar-refractivity contribution in [1.82, 2.24) is 0 Å². The van der Waals surface area contributed by atoms with Gasteiger partial charge in [-0.25, -0.2) is 0 Å². The molecule has 2 aromatic rings. The highest BCUT2D eigenvalue weighted by molar-refractivity contribution is 6.33. The van der Waals surface area contributed by atoms with Crippen LogP contribution in [-0.2, 0) is 12.7 Å². The van der Waals surface area contributed by atoms with Gasteiger partial charge < -0.3 is 10.4 Å². The van der Waals surface area contributed by atoms with E-state index < -0.39 is 11.7 Å². The summed E-state index contributed by atoms with van der Waals surface area (Å²) >= 11 is 11.6. The number of phenols is 1. The van der Waals surface area contributed by atoms with E-state index in [1.165, 1.54) is 12.1 Å². The van der Waals surface area contributed by atoms with Crippen LogP contribution in [0.4, 0.5) is 18.9 Å². The van der Waals surface area contributed by atoms with Crippen LogP contribution >= 0.6 is 23.2 Å². The molecule has 0 heterocycles.